The summed E-state index contributed by atoms with van der Waals surface area (Å²) in [6.45, 7) is 3.82. The van der Waals surface area contributed by atoms with Crippen LogP contribution in [0.15, 0.2) is 0 Å². The van der Waals surface area contributed by atoms with Crippen molar-refractivity contribution in [1.29, 1.82) is 0 Å². The number of carbonyl (C=O) groups excluding carboxylic acids is 2. The van der Waals surface area contributed by atoms with Gasteiger partial charge in [-0.15, -0.1) is 0 Å². The molecule has 1 rings (SSSR count). The molecule has 6 nitrogen and oxygen atoms in total. The molecule has 6 heteroatoms. The highest BCUT2D eigenvalue weighted by molar-refractivity contribution is 6.14. The highest BCUT2D eigenvalue weighted by Crippen LogP contribution is 2.38. The van der Waals surface area contributed by atoms with Crippen LogP contribution in [0.3, 0.4) is 0 Å². The van der Waals surface area contributed by atoms with Crippen LogP contribution in [-0.2, 0) is 14.3 Å². The minimum atomic E-state index is -2.27. The average molecular weight is 232 g/mol. The second kappa shape index (κ2) is 3.80. The van der Waals surface area contributed by atoms with Crippen molar-refractivity contribution in [2.45, 2.75) is 38.6 Å². The Hall–Kier alpha value is -0.980. The van der Waals surface area contributed by atoms with Gasteiger partial charge in [0.15, 0.2) is 6.10 Å². The largest absolute Gasteiger partial charge is 0.449 e. The van der Waals surface area contributed by atoms with Crippen molar-refractivity contribution in [3.63, 3.8) is 0 Å². The van der Waals surface area contributed by atoms with E-state index in [4.69, 9.17) is 5.11 Å². The number of hydrogen-bond donors (Lipinski definition) is 3. The summed E-state index contributed by atoms with van der Waals surface area (Å²) in [6.07, 6.45) is -3.01. The summed E-state index contributed by atoms with van der Waals surface area (Å²) in [5, 5.41) is 28.0. The molecule has 92 valence electrons. The average Bonchev–Trinajstić information content (AvgIpc) is 2.41. The first-order chi connectivity index (χ1) is 7.16. The Morgan fingerprint density at radius 2 is 1.94 bits per heavy atom. The molecule has 0 bridgehead atoms. The van der Waals surface area contributed by atoms with E-state index in [9.17, 15) is 19.8 Å². The maximum Gasteiger partial charge on any atom is 0.347 e. The monoisotopic (exact) mass is 232 g/mol. The lowest BCUT2D eigenvalue weighted by molar-refractivity contribution is -0.166. The zero-order valence-electron chi connectivity index (χ0n) is 9.43. The molecule has 0 aromatic carbocycles. The van der Waals surface area contributed by atoms with Gasteiger partial charge in [0.1, 0.15) is 6.10 Å². The van der Waals surface area contributed by atoms with Crippen molar-refractivity contribution in [2.24, 2.45) is 5.41 Å². The summed E-state index contributed by atoms with van der Waals surface area (Å²) in [6, 6.07) is 0. The third kappa shape index (κ3) is 1.63. The summed E-state index contributed by atoms with van der Waals surface area (Å²) in [5.41, 5.74) is -3.31. The first-order valence-corrected chi connectivity index (χ1v) is 4.93. The van der Waals surface area contributed by atoms with Gasteiger partial charge in [0.25, 0.3) is 0 Å². The van der Waals surface area contributed by atoms with Crippen LogP contribution >= 0.6 is 0 Å². The Bertz CT molecular complexity index is 318. The number of rotatable bonds is 2. The summed E-state index contributed by atoms with van der Waals surface area (Å²) in [5.74, 6) is -1.99. The second-order valence-corrected chi connectivity index (χ2v) is 4.90. The SMILES string of the molecule is CC(C)(C)C1(O)C(=O)OC(C(O)CO)C1=O. The van der Waals surface area contributed by atoms with Crippen molar-refractivity contribution >= 4 is 11.8 Å². The number of hydrogen-bond acceptors (Lipinski definition) is 6. The van der Waals surface area contributed by atoms with Crippen LogP contribution in [0.5, 0.6) is 0 Å². The van der Waals surface area contributed by atoms with Crippen LogP contribution in [0.4, 0.5) is 0 Å². The van der Waals surface area contributed by atoms with E-state index in [0.717, 1.165) is 0 Å². The van der Waals surface area contributed by atoms with E-state index < -0.39 is 41.6 Å². The van der Waals surface area contributed by atoms with E-state index in [1.807, 2.05) is 0 Å². The van der Waals surface area contributed by atoms with Crippen LogP contribution in [0.2, 0.25) is 0 Å². The predicted octanol–water partition coefficient (Wildman–Crippen LogP) is -1.39. The van der Waals surface area contributed by atoms with Gasteiger partial charge in [0.2, 0.25) is 11.4 Å². The van der Waals surface area contributed by atoms with Gasteiger partial charge in [0.05, 0.1) is 6.61 Å². The highest BCUT2D eigenvalue weighted by atomic mass is 16.6. The van der Waals surface area contributed by atoms with Crippen LogP contribution in [0.25, 0.3) is 0 Å². The maximum atomic E-state index is 11.8. The normalized spacial score (nSPS) is 32.8. The molecule has 1 saturated heterocycles. The molecule has 3 unspecified atom stereocenters. The van der Waals surface area contributed by atoms with Crippen LogP contribution in [0, 0.1) is 5.41 Å². The lowest BCUT2D eigenvalue weighted by atomic mass is 9.73. The standard InChI is InChI=1S/C10H16O6/c1-9(2,3)10(15)7(13)6(5(12)4-11)16-8(10)14/h5-6,11-12,15H,4H2,1-3H3. The fourth-order valence-electron chi connectivity index (χ4n) is 1.59. The summed E-state index contributed by atoms with van der Waals surface area (Å²) in [7, 11) is 0. The number of esters is 1. The zero-order valence-corrected chi connectivity index (χ0v) is 9.43. The second-order valence-electron chi connectivity index (χ2n) is 4.90. The van der Waals surface area contributed by atoms with Crippen molar-refractivity contribution < 1.29 is 29.6 Å². The molecule has 0 amide bonds. The summed E-state index contributed by atoms with van der Waals surface area (Å²) < 4.78 is 4.62. The summed E-state index contributed by atoms with van der Waals surface area (Å²) in [4.78, 5) is 23.3. The molecule has 16 heavy (non-hydrogen) atoms. The highest BCUT2D eigenvalue weighted by Gasteiger charge is 2.63. The number of aliphatic hydroxyl groups excluding tert-OH is 2. The minimum Gasteiger partial charge on any atom is -0.449 e. The van der Waals surface area contributed by atoms with E-state index in [1.54, 1.807) is 0 Å². The molecule has 0 aliphatic carbocycles. The molecule has 1 heterocycles. The Balaban J connectivity index is 3.09. The number of ketones is 1. The number of carbonyl (C=O) groups is 2. The van der Waals surface area contributed by atoms with Crippen molar-refractivity contribution in [2.75, 3.05) is 6.61 Å². The third-order valence-corrected chi connectivity index (χ3v) is 2.77. The Kier molecular flexibility index (Phi) is 3.11. The number of Topliss-reactive ketones (excluding diaryl/α,β-unsaturated/α-hetero) is 1. The van der Waals surface area contributed by atoms with Gasteiger partial charge in [-0.1, -0.05) is 20.8 Å². The summed E-state index contributed by atoms with van der Waals surface area (Å²) >= 11 is 0. The number of aliphatic hydroxyl groups is 3. The molecule has 0 saturated carbocycles. The fourth-order valence-corrected chi connectivity index (χ4v) is 1.59. The molecule has 0 radical (unpaired) electrons. The Morgan fingerprint density at radius 1 is 1.44 bits per heavy atom. The van der Waals surface area contributed by atoms with Gasteiger partial charge >= 0.3 is 5.97 Å². The van der Waals surface area contributed by atoms with Crippen LogP contribution in [-0.4, -0.2) is 51.5 Å². The first kappa shape index (κ1) is 13.1. The maximum absolute atomic E-state index is 11.8. The lowest BCUT2D eigenvalue weighted by Gasteiger charge is -2.31. The Labute approximate surface area is 92.8 Å². The van der Waals surface area contributed by atoms with Gasteiger partial charge in [-0.2, -0.15) is 0 Å². The number of cyclic esters (lactones) is 1. The Morgan fingerprint density at radius 3 is 2.25 bits per heavy atom. The molecule has 0 spiro atoms. The van der Waals surface area contributed by atoms with Gasteiger partial charge in [-0.25, -0.2) is 4.79 Å². The number of ether oxygens (including phenoxy) is 1. The van der Waals surface area contributed by atoms with Gasteiger partial charge in [-0.05, 0) is 0 Å². The molecular formula is C10H16O6. The molecule has 1 aliphatic rings. The van der Waals surface area contributed by atoms with Gasteiger partial charge < -0.3 is 20.1 Å². The van der Waals surface area contributed by atoms with E-state index in [2.05, 4.69) is 4.74 Å². The first-order valence-electron chi connectivity index (χ1n) is 4.93. The third-order valence-electron chi connectivity index (χ3n) is 2.77. The molecule has 3 atom stereocenters. The predicted molar refractivity (Wildman–Crippen MR) is 52.4 cm³/mol. The molecular weight excluding hydrogens is 216 g/mol. The molecule has 0 aromatic heterocycles. The zero-order chi connectivity index (χ0) is 12.7. The van der Waals surface area contributed by atoms with E-state index in [1.165, 1.54) is 20.8 Å². The fraction of sp³-hybridized carbons (Fsp3) is 0.800. The van der Waals surface area contributed by atoms with Crippen LogP contribution < -0.4 is 0 Å². The van der Waals surface area contributed by atoms with E-state index >= 15 is 0 Å². The smallest absolute Gasteiger partial charge is 0.347 e. The minimum absolute atomic E-state index is 0.718. The van der Waals surface area contributed by atoms with E-state index in [0.29, 0.717) is 0 Å². The van der Waals surface area contributed by atoms with Crippen LogP contribution in [0.1, 0.15) is 20.8 Å². The lowest BCUT2D eigenvalue weighted by Crippen LogP contribution is -2.54. The quantitative estimate of drug-likeness (QED) is 0.400. The van der Waals surface area contributed by atoms with Crippen molar-refractivity contribution in [3.05, 3.63) is 0 Å². The van der Waals surface area contributed by atoms with Gasteiger partial charge in [0, 0.05) is 5.41 Å². The topological polar surface area (TPSA) is 104 Å². The molecule has 1 fully saturated rings. The molecule has 0 aromatic rings. The van der Waals surface area contributed by atoms with E-state index in [-0.39, 0.29) is 0 Å². The molecule has 1 aliphatic heterocycles. The van der Waals surface area contributed by atoms with Gasteiger partial charge in [-0.3, -0.25) is 4.79 Å². The van der Waals surface area contributed by atoms with Crippen molar-refractivity contribution in [3.8, 4) is 0 Å². The van der Waals surface area contributed by atoms with Crippen molar-refractivity contribution in [1.82, 2.24) is 0 Å². The molecule has 3 N–H and O–H groups in total.